The minimum absolute atomic E-state index is 0.00608. The van der Waals surface area contributed by atoms with E-state index >= 15 is 0 Å². The van der Waals surface area contributed by atoms with E-state index in [4.69, 9.17) is 4.74 Å². The van der Waals surface area contributed by atoms with Gasteiger partial charge in [0, 0.05) is 25.1 Å². The number of aromatic nitrogens is 2. The Balaban J connectivity index is 2.17. The molecule has 21 heavy (non-hydrogen) atoms. The third-order valence-corrected chi connectivity index (χ3v) is 3.40. The van der Waals surface area contributed by atoms with Crippen LogP contribution in [0.15, 0.2) is 24.3 Å². The summed E-state index contributed by atoms with van der Waals surface area (Å²) in [6, 6.07) is 6.50. The van der Waals surface area contributed by atoms with E-state index in [1.165, 1.54) is 6.07 Å². The van der Waals surface area contributed by atoms with Gasteiger partial charge in [0.1, 0.15) is 5.82 Å². The highest BCUT2D eigenvalue weighted by atomic mass is 16.6. The Morgan fingerprint density at radius 2 is 2.14 bits per heavy atom. The van der Waals surface area contributed by atoms with Crippen molar-refractivity contribution in [2.75, 3.05) is 19.0 Å². The second-order valence-electron chi connectivity index (χ2n) is 4.65. The predicted molar refractivity (Wildman–Crippen MR) is 77.0 cm³/mol. The molecule has 0 fully saturated rings. The smallest absolute Gasteiger partial charge is 0.280 e. The first-order valence-electron chi connectivity index (χ1n) is 6.59. The van der Waals surface area contributed by atoms with Crippen LogP contribution in [0.5, 0.6) is 0 Å². The Morgan fingerprint density at radius 1 is 1.33 bits per heavy atom. The van der Waals surface area contributed by atoms with Crippen molar-refractivity contribution < 1.29 is 9.66 Å². The summed E-state index contributed by atoms with van der Waals surface area (Å²) in [6.07, 6.45) is 0.681. The molecule has 0 amide bonds. The molecule has 1 N–H and O–H groups in total. The molecule has 0 spiro atoms. The lowest BCUT2D eigenvalue weighted by atomic mass is 10.1. The topological polar surface area (TPSA) is 90.2 Å². The summed E-state index contributed by atoms with van der Waals surface area (Å²) in [7, 11) is 1.76. The van der Waals surface area contributed by atoms with Crippen LogP contribution in [-0.4, -0.2) is 28.5 Å². The molecule has 0 atom stereocenters. The summed E-state index contributed by atoms with van der Waals surface area (Å²) in [4.78, 5) is 19.6. The van der Waals surface area contributed by atoms with Crippen molar-refractivity contribution >= 4 is 11.5 Å². The van der Waals surface area contributed by atoms with Crippen LogP contribution in [0.4, 0.5) is 11.5 Å². The number of benzene rings is 1. The van der Waals surface area contributed by atoms with E-state index in [2.05, 4.69) is 15.3 Å². The summed E-state index contributed by atoms with van der Waals surface area (Å²) in [5.74, 6) is 1.03. The van der Waals surface area contributed by atoms with Gasteiger partial charge in [0.15, 0.2) is 5.82 Å². The predicted octanol–water partition coefficient (Wildman–Crippen LogP) is 2.17. The number of nitrogens with zero attached hydrogens (tertiary/aromatic N) is 3. The molecule has 0 bridgehead atoms. The largest absolute Gasteiger partial charge is 0.376 e. The minimum atomic E-state index is -0.416. The van der Waals surface area contributed by atoms with Gasteiger partial charge in [-0.15, -0.1) is 0 Å². The minimum Gasteiger partial charge on any atom is -0.376 e. The van der Waals surface area contributed by atoms with Crippen LogP contribution >= 0.6 is 0 Å². The molecular weight excluding hydrogens is 272 g/mol. The SMILES string of the molecule is CNc1nc(-c2ccccc2[N+](=O)[O-])nc2c1COCC2. The molecule has 7 nitrogen and oxygen atoms in total. The molecule has 3 rings (SSSR count). The highest BCUT2D eigenvalue weighted by molar-refractivity contribution is 5.69. The summed E-state index contributed by atoms with van der Waals surface area (Å²) < 4.78 is 5.42. The quantitative estimate of drug-likeness (QED) is 0.687. The van der Waals surface area contributed by atoms with Gasteiger partial charge in [-0.25, -0.2) is 9.97 Å². The molecule has 1 aliphatic rings. The average Bonchev–Trinajstić information content (AvgIpc) is 2.53. The van der Waals surface area contributed by atoms with Crippen molar-refractivity contribution in [3.8, 4) is 11.4 Å². The molecule has 0 saturated heterocycles. The van der Waals surface area contributed by atoms with Gasteiger partial charge in [-0.05, 0) is 6.07 Å². The van der Waals surface area contributed by atoms with E-state index in [0.29, 0.717) is 36.8 Å². The maximum Gasteiger partial charge on any atom is 0.280 e. The number of fused-ring (bicyclic) bond motifs is 1. The molecule has 2 aromatic rings. The third kappa shape index (κ3) is 2.43. The molecule has 0 aliphatic carbocycles. The van der Waals surface area contributed by atoms with Crippen molar-refractivity contribution in [3.05, 3.63) is 45.6 Å². The Bertz CT molecular complexity index is 685. The van der Waals surface area contributed by atoms with Crippen LogP contribution < -0.4 is 5.32 Å². The number of nitro groups is 1. The van der Waals surface area contributed by atoms with E-state index < -0.39 is 4.92 Å². The van der Waals surface area contributed by atoms with Gasteiger partial charge in [0.2, 0.25) is 0 Å². The molecule has 1 aromatic heterocycles. The van der Waals surface area contributed by atoms with E-state index in [9.17, 15) is 10.1 Å². The lowest BCUT2D eigenvalue weighted by molar-refractivity contribution is -0.384. The Kier molecular flexibility index (Phi) is 3.49. The normalized spacial score (nSPS) is 13.6. The zero-order valence-electron chi connectivity index (χ0n) is 11.5. The second-order valence-corrected chi connectivity index (χ2v) is 4.65. The highest BCUT2D eigenvalue weighted by Gasteiger charge is 2.22. The third-order valence-electron chi connectivity index (χ3n) is 3.40. The molecule has 0 radical (unpaired) electrons. The van der Waals surface area contributed by atoms with Crippen molar-refractivity contribution in [2.45, 2.75) is 13.0 Å². The fourth-order valence-corrected chi connectivity index (χ4v) is 2.38. The van der Waals surface area contributed by atoms with Gasteiger partial charge >= 0.3 is 0 Å². The van der Waals surface area contributed by atoms with Crippen LogP contribution in [0.3, 0.4) is 0 Å². The van der Waals surface area contributed by atoms with Gasteiger partial charge in [0.25, 0.3) is 5.69 Å². The lowest BCUT2D eigenvalue weighted by Crippen LogP contribution is -2.16. The van der Waals surface area contributed by atoms with E-state index in [1.54, 1.807) is 25.2 Å². The van der Waals surface area contributed by atoms with Gasteiger partial charge < -0.3 is 10.1 Å². The lowest BCUT2D eigenvalue weighted by Gasteiger charge is -2.19. The number of para-hydroxylation sites is 1. The summed E-state index contributed by atoms with van der Waals surface area (Å²) in [5, 5.41) is 14.2. The summed E-state index contributed by atoms with van der Waals surface area (Å²) >= 11 is 0. The Morgan fingerprint density at radius 3 is 2.90 bits per heavy atom. The molecule has 1 aromatic carbocycles. The average molecular weight is 286 g/mol. The number of hydrogen-bond donors (Lipinski definition) is 1. The van der Waals surface area contributed by atoms with Crippen molar-refractivity contribution in [1.82, 2.24) is 9.97 Å². The van der Waals surface area contributed by atoms with Gasteiger partial charge in [-0.1, -0.05) is 12.1 Å². The number of anilines is 1. The van der Waals surface area contributed by atoms with E-state index in [1.807, 2.05) is 0 Å². The fourth-order valence-electron chi connectivity index (χ4n) is 2.38. The first kappa shape index (κ1) is 13.4. The van der Waals surface area contributed by atoms with Crippen molar-refractivity contribution in [1.29, 1.82) is 0 Å². The van der Waals surface area contributed by atoms with Crippen LogP contribution in [-0.2, 0) is 17.8 Å². The van der Waals surface area contributed by atoms with E-state index in [0.717, 1.165) is 11.3 Å². The summed E-state index contributed by atoms with van der Waals surface area (Å²) in [6.45, 7) is 1.06. The fraction of sp³-hybridized carbons (Fsp3) is 0.286. The molecule has 0 unspecified atom stereocenters. The number of nitrogens with one attached hydrogen (secondary N) is 1. The second kappa shape index (κ2) is 5.45. The number of ether oxygens (including phenoxy) is 1. The molecule has 7 heteroatoms. The zero-order valence-corrected chi connectivity index (χ0v) is 11.5. The Hall–Kier alpha value is -2.54. The van der Waals surface area contributed by atoms with Gasteiger partial charge in [-0.2, -0.15) is 0 Å². The number of rotatable bonds is 3. The van der Waals surface area contributed by atoms with E-state index in [-0.39, 0.29) is 5.69 Å². The molecule has 2 heterocycles. The molecule has 1 aliphatic heterocycles. The van der Waals surface area contributed by atoms with Gasteiger partial charge in [0.05, 0.1) is 29.4 Å². The first-order chi connectivity index (χ1) is 10.2. The summed E-state index contributed by atoms with van der Waals surface area (Å²) in [5.41, 5.74) is 2.24. The number of nitro benzene ring substituents is 1. The molecule has 0 saturated carbocycles. The van der Waals surface area contributed by atoms with Crippen LogP contribution in [0.2, 0.25) is 0 Å². The molecule has 108 valence electrons. The standard InChI is InChI=1S/C14H14N4O3/c1-15-13-10-8-21-7-6-11(10)16-14(17-13)9-4-2-3-5-12(9)18(19)20/h2-5H,6-8H2,1H3,(H,15,16,17). The maximum atomic E-state index is 11.2. The first-order valence-corrected chi connectivity index (χ1v) is 6.59. The monoisotopic (exact) mass is 286 g/mol. The van der Waals surface area contributed by atoms with Crippen LogP contribution in [0.1, 0.15) is 11.3 Å². The molecular formula is C14H14N4O3. The zero-order chi connectivity index (χ0) is 14.8. The van der Waals surface area contributed by atoms with Crippen molar-refractivity contribution in [3.63, 3.8) is 0 Å². The van der Waals surface area contributed by atoms with Crippen LogP contribution in [0.25, 0.3) is 11.4 Å². The van der Waals surface area contributed by atoms with Crippen LogP contribution in [0, 0.1) is 10.1 Å². The highest BCUT2D eigenvalue weighted by Crippen LogP contribution is 2.30. The Labute approximate surface area is 121 Å². The maximum absolute atomic E-state index is 11.2. The van der Waals surface area contributed by atoms with Gasteiger partial charge in [-0.3, -0.25) is 10.1 Å². The number of hydrogen-bond acceptors (Lipinski definition) is 6. The van der Waals surface area contributed by atoms with Crippen molar-refractivity contribution in [2.24, 2.45) is 0 Å².